The van der Waals surface area contributed by atoms with Gasteiger partial charge >= 0.3 is 5.97 Å². The summed E-state index contributed by atoms with van der Waals surface area (Å²) in [6.07, 6.45) is -1.11. The number of aliphatic carboxylic acids is 1. The number of carbonyl (C=O) groups is 2. The molecule has 1 amide bonds. The Bertz CT molecular complexity index is 477. The second-order valence-electron chi connectivity index (χ2n) is 4.36. The van der Waals surface area contributed by atoms with Gasteiger partial charge in [0.2, 0.25) is 5.91 Å². The first kappa shape index (κ1) is 15.1. The Morgan fingerprint density at radius 2 is 1.95 bits per heavy atom. The van der Waals surface area contributed by atoms with Gasteiger partial charge in [0.25, 0.3) is 0 Å². The topological polar surface area (TPSA) is 86.6 Å². The van der Waals surface area contributed by atoms with Crippen LogP contribution in [0.2, 0.25) is 0 Å². The number of hydrogen-bond acceptors (Lipinski definition) is 3. The highest BCUT2D eigenvalue weighted by Gasteiger charge is 2.25. The minimum absolute atomic E-state index is 0.316. The molecule has 0 aliphatic heterocycles. The van der Waals surface area contributed by atoms with Crippen molar-refractivity contribution in [1.82, 2.24) is 5.32 Å². The van der Waals surface area contributed by atoms with Gasteiger partial charge < -0.3 is 15.5 Å². The van der Waals surface area contributed by atoms with Crippen molar-refractivity contribution in [2.75, 3.05) is 0 Å². The van der Waals surface area contributed by atoms with Crippen molar-refractivity contribution in [2.45, 2.75) is 26.0 Å². The lowest BCUT2D eigenvalue weighted by atomic mass is 10.0. The van der Waals surface area contributed by atoms with Crippen LogP contribution in [0.15, 0.2) is 24.3 Å². The van der Waals surface area contributed by atoms with Crippen LogP contribution in [0.5, 0.6) is 0 Å². The number of carboxylic acids is 1. The van der Waals surface area contributed by atoms with E-state index in [-0.39, 0.29) is 0 Å². The summed E-state index contributed by atoms with van der Waals surface area (Å²) < 4.78 is 13.0. The lowest BCUT2D eigenvalue weighted by Gasteiger charge is -2.21. The fourth-order valence-electron chi connectivity index (χ4n) is 1.52. The van der Waals surface area contributed by atoms with Crippen molar-refractivity contribution in [3.8, 4) is 0 Å². The zero-order chi connectivity index (χ0) is 14.6. The van der Waals surface area contributed by atoms with E-state index in [1.807, 2.05) is 0 Å². The molecule has 0 saturated heterocycles. The number of aliphatic hydroxyl groups excluding tert-OH is 1. The van der Waals surface area contributed by atoms with Gasteiger partial charge in [-0.05, 0) is 31.5 Å². The number of rotatable bonds is 5. The molecule has 0 saturated carbocycles. The molecule has 104 valence electrons. The van der Waals surface area contributed by atoms with Gasteiger partial charge in [0.05, 0.1) is 12.1 Å². The standard InChI is InChI=1S/C13H16FNO4/c1-7(13(18)19)12(17)15-8(2)11(16)9-4-3-5-10(14)6-9/h3-8,11,16H,1-2H3,(H,15,17)(H,18,19). The molecule has 0 aliphatic rings. The molecular formula is C13H16FNO4. The first-order valence-corrected chi connectivity index (χ1v) is 5.79. The molecule has 6 heteroatoms. The van der Waals surface area contributed by atoms with E-state index in [9.17, 15) is 19.1 Å². The van der Waals surface area contributed by atoms with E-state index in [1.54, 1.807) is 0 Å². The molecule has 1 rings (SSSR count). The van der Waals surface area contributed by atoms with Crippen molar-refractivity contribution in [1.29, 1.82) is 0 Å². The van der Waals surface area contributed by atoms with Crippen LogP contribution in [0.25, 0.3) is 0 Å². The summed E-state index contributed by atoms with van der Waals surface area (Å²) in [5, 5.41) is 21.0. The second-order valence-corrected chi connectivity index (χ2v) is 4.36. The number of hydrogen-bond donors (Lipinski definition) is 3. The molecule has 0 fully saturated rings. The maximum absolute atomic E-state index is 13.0. The van der Waals surface area contributed by atoms with Crippen LogP contribution in [0.1, 0.15) is 25.5 Å². The molecular weight excluding hydrogens is 253 g/mol. The van der Waals surface area contributed by atoms with Gasteiger partial charge in [0.1, 0.15) is 11.7 Å². The van der Waals surface area contributed by atoms with E-state index in [2.05, 4.69) is 5.32 Å². The Morgan fingerprint density at radius 3 is 2.47 bits per heavy atom. The number of aliphatic hydroxyl groups is 1. The van der Waals surface area contributed by atoms with Crippen LogP contribution in [0, 0.1) is 11.7 Å². The van der Waals surface area contributed by atoms with Gasteiger partial charge in [-0.15, -0.1) is 0 Å². The molecule has 0 spiro atoms. The molecule has 19 heavy (non-hydrogen) atoms. The third-order valence-electron chi connectivity index (χ3n) is 2.80. The van der Waals surface area contributed by atoms with Gasteiger partial charge in [-0.3, -0.25) is 9.59 Å². The van der Waals surface area contributed by atoms with E-state index in [1.165, 1.54) is 32.0 Å². The SMILES string of the molecule is CC(C(=O)O)C(=O)NC(C)C(O)c1cccc(F)c1. The lowest BCUT2D eigenvalue weighted by Crippen LogP contribution is -2.42. The summed E-state index contributed by atoms with van der Waals surface area (Å²) in [6.45, 7) is 2.76. The number of nitrogens with one attached hydrogen (secondary N) is 1. The summed E-state index contributed by atoms with van der Waals surface area (Å²) >= 11 is 0. The molecule has 0 aromatic heterocycles. The van der Waals surface area contributed by atoms with E-state index >= 15 is 0 Å². The predicted octanol–water partition coefficient (Wildman–Crippen LogP) is 1.08. The summed E-state index contributed by atoms with van der Waals surface area (Å²) in [5.41, 5.74) is 0.316. The molecule has 0 bridgehead atoms. The average molecular weight is 269 g/mol. The number of carbonyl (C=O) groups excluding carboxylic acids is 1. The highest BCUT2D eigenvalue weighted by atomic mass is 19.1. The largest absolute Gasteiger partial charge is 0.481 e. The Hall–Kier alpha value is -1.95. The highest BCUT2D eigenvalue weighted by molar-refractivity contribution is 5.96. The van der Waals surface area contributed by atoms with Crippen molar-refractivity contribution in [3.05, 3.63) is 35.6 Å². The minimum atomic E-state index is -1.25. The Labute approximate surface area is 110 Å². The van der Waals surface area contributed by atoms with Crippen LogP contribution >= 0.6 is 0 Å². The summed E-state index contributed by atoms with van der Waals surface area (Å²) in [5.74, 6) is -3.64. The van der Waals surface area contributed by atoms with Crippen LogP contribution in [0.3, 0.4) is 0 Å². The zero-order valence-corrected chi connectivity index (χ0v) is 10.6. The van der Waals surface area contributed by atoms with Crippen molar-refractivity contribution >= 4 is 11.9 Å². The fourth-order valence-corrected chi connectivity index (χ4v) is 1.52. The third-order valence-corrected chi connectivity index (χ3v) is 2.80. The first-order chi connectivity index (χ1) is 8.82. The second kappa shape index (κ2) is 6.29. The normalized spacial score (nSPS) is 15.4. The average Bonchev–Trinajstić information content (AvgIpc) is 2.36. The summed E-state index contributed by atoms with van der Waals surface area (Å²) in [7, 11) is 0. The Kier molecular flexibility index (Phi) is 5.00. The van der Waals surface area contributed by atoms with Crippen LogP contribution in [-0.2, 0) is 9.59 Å². The Balaban J connectivity index is 2.70. The van der Waals surface area contributed by atoms with Crippen molar-refractivity contribution < 1.29 is 24.2 Å². The predicted molar refractivity (Wildman–Crippen MR) is 65.8 cm³/mol. The quantitative estimate of drug-likeness (QED) is 0.698. The number of benzene rings is 1. The van der Waals surface area contributed by atoms with Gasteiger partial charge in [0.15, 0.2) is 0 Å². The third kappa shape index (κ3) is 4.03. The number of halogens is 1. The van der Waals surface area contributed by atoms with E-state index < -0.39 is 35.8 Å². The van der Waals surface area contributed by atoms with Crippen LogP contribution in [0.4, 0.5) is 4.39 Å². The van der Waals surface area contributed by atoms with E-state index in [0.717, 1.165) is 6.07 Å². The Morgan fingerprint density at radius 1 is 1.32 bits per heavy atom. The van der Waals surface area contributed by atoms with Crippen molar-refractivity contribution in [2.24, 2.45) is 5.92 Å². The summed E-state index contributed by atoms with van der Waals surface area (Å²) in [4.78, 5) is 22.2. The van der Waals surface area contributed by atoms with Gasteiger partial charge in [-0.25, -0.2) is 4.39 Å². The maximum Gasteiger partial charge on any atom is 0.315 e. The molecule has 3 N–H and O–H groups in total. The van der Waals surface area contributed by atoms with Gasteiger partial charge in [-0.1, -0.05) is 12.1 Å². The van der Waals surface area contributed by atoms with Gasteiger partial charge in [0, 0.05) is 0 Å². The number of carboxylic acid groups (broad SMARTS) is 1. The van der Waals surface area contributed by atoms with Crippen LogP contribution in [-0.4, -0.2) is 28.1 Å². The number of amides is 1. The molecule has 0 aliphatic carbocycles. The smallest absolute Gasteiger partial charge is 0.315 e. The molecule has 3 atom stereocenters. The highest BCUT2D eigenvalue weighted by Crippen LogP contribution is 2.17. The molecule has 1 aromatic rings. The van der Waals surface area contributed by atoms with E-state index in [4.69, 9.17) is 5.11 Å². The van der Waals surface area contributed by atoms with Crippen LogP contribution < -0.4 is 5.32 Å². The minimum Gasteiger partial charge on any atom is -0.481 e. The molecule has 3 unspecified atom stereocenters. The molecule has 5 nitrogen and oxygen atoms in total. The fraction of sp³-hybridized carbons (Fsp3) is 0.385. The van der Waals surface area contributed by atoms with Crippen molar-refractivity contribution in [3.63, 3.8) is 0 Å². The molecule has 0 radical (unpaired) electrons. The monoisotopic (exact) mass is 269 g/mol. The first-order valence-electron chi connectivity index (χ1n) is 5.79. The lowest BCUT2D eigenvalue weighted by molar-refractivity contribution is -0.146. The van der Waals surface area contributed by atoms with Gasteiger partial charge in [-0.2, -0.15) is 0 Å². The molecule has 1 aromatic carbocycles. The zero-order valence-electron chi connectivity index (χ0n) is 10.6. The summed E-state index contributed by atoms with van der Waals surface area (Å²) in [6, 6.07) is 4.65. The van der Waals surface area contributed by atoms with E-state index in [0.29, 0.717) is 5.56 Å². The maximum atomic E-state index is 13.0. The molecule has 0 heterocycles.